The maximum Gasteiger partial charge on any atom is 0.0600 e. The molecule has 0 aromatic rings. The monoisotopic (exact) mass is 195 g/mol. The van der Waals surface area contributed by atoms with Gasteiger partial charge in [-0.05, 0) is 32.2 Å². The number of nitrogens with zero attached hydrogens (tertiary/aromatic N) is 1. The van der Waals surface area contributed by atoms with E-state index in [1.54, 1.807) is 0 Å². The number of fused-ring (bicyclic) bond motifs is 2. The van der Waals surface area contributed by atoms with Gasteiger partial charge in [0.1, 0.15) is 0 Å². The maximum absolute atomic E-state index is 10.2. The Morgan fingerprint density at radius 2 is 1.93 bits per heavy atom. The van der Waals surface area contributed by atoms with Crippen LogP contribution in [0.2, 0.25) is 0 Å². The van der Waals surface area contributed by atoms with E-state index in [9.17, 15) is 5.11 Å². The predicted octanol–water partition coefficient (Wildman–Crippen LogP) is 1.63. The molecular formula is C12H21NO. The summed E-state index contributed by atoms with van der Waals surface area (Å²) in [5.74, 6) is 1.45. The molecule has 1 aliphatic carbocycles. The van der Waals surface area contributed by atoms with Gasteiger partial charge in [-0.25, -0.2) is 0 Å². The summed E-state index contributed by atoms with van der Waals surface area (Å²) >= 11 is 0. The van der Waals surface area contributed by atoms with Crippen molar-refractivity contribution in [2.24, 2.45) is 11.8 Å². The van der Waals surface area contributed by atoms with Gasteiger partial charge in [0.15, 0.2) is 0 Å². The van der Waals surface area contributed by atoms with Crippen molar-refractivity contribution < 1.29 is 5.11 Å². The largest absolute Gasteiger partial charge is 0.393 e. The molecule has 2 bridgehead atoms. The summed E-state index contributed by atoms with van der Waals surface area (Å²) in [6, 6.07) is 1.39. The first kappa shape index (κ1) is 9.17. The van der Waals surface area contributed by atoms with E-state index >= 15 is 0 Å². The van der Waals surface area contributed by atoms with E-state index in [1.807, 2.05) is 0 Å². The molecule has 2 heterocycles. The zero-order valence-corrected chi connectivity index (χ0v) is 9.02. The lowest BCUT2D eigenvalue weighted by atomic mass is 9.68. The molecule has 80 valence electrons. The van der Waals surface area contributed by atoms with Crippen molar-refractivity contribution in [1.82, 2.24) is 4.90 Å². The van der Waals surface area contributed by atoms with Crippen LogP contribution in [0.3, 0.4) is 0 Å². The van der Waals surface area contributed by atoms with Gasteiger partial charge in [-0.2, -0.15) is 0 Å². The molecule has 4 atom stereocenters. The van der Waals surface area contributed by atoms with Crippen molar-refractivity contribution in [1.29, 1.82) is 0 Å². The molecule has 3 rings (SSSR count). The van der Waals surface area contributed by atoms with Crippen LogP contribution in [0.5, 0.6) is 0 Å². The molecule has 4 unspecified atom stereocenters. The normalized spacial score (nSPS) is 49.3. The van der Waals surface area contributed by atoms with Crippen molar-refractivity contribution in [2.45, 2.75) is 56.7 Å². The van der Waals surface area contributed by atoms with Crippen LogP contribution >= 0.6 is 0 Å². The minimum atomic E-state index is 0.00833. The molecule has 2 nitrogen and oxygen atoms in total. The first-order chi connectivity index (χ1) is 6.77. The fourth-order valence-corrected chi connectivity index (χ4v) is 3.93. The average Bonchev–Trinajstić information content (AvgIpc) is 2.29. The predicted molar refractivity (Wildman–Crippen MR) is 56.0 cm³/mol. The van der Waals surface area contributed by atoms with E-state index in [1.165, 1.54) is 32.1 Å². The van der Waals surface area contributed by atoms with Gasteiger partial charge in [-0.15, -0.1) is 0 Å². The van der Waals surface area contributed by atoms with Crippen LogP contribution in [0.1, 0.15) is 38.5 Å². The highest BCUT2D eigenvalue weighted by Crippen LogP contribution is 2.46. The zero-order chi connectivity index (χ0) is 9.71. The Labute approximate surface area is 86.3 Å². The summed E-state index contributed by atoms with van der Waals surface area (Å²) in [4.78, 5) is 2.55. The lowest BCUT2D eigenvalue weighted by Crippen LogP contribution is -2.52. The lowest BCUT2D eigenvalue weighted by Gasteiger charge is -2.47. The maximum atomic E-state index is 10.2. The van der Waals surface area contributed by atoms with Gasteiger partial charge in [0.05, 0.1) is 6.10 Å². The van der Waals surface area contributed by atoms with Crippen molar-refractivity contribution >= 4 is 0 Å². The van der Waals surface area contributed by atoms with Gasteiger partial charge in [0.2, 0.25) is 0 Å². The summed E-state index contributed by atoms with van der Waals surface area (Å²) in [7, 11) is 2.26. The molecule has 2 saturated heterocycles. The van der Waals surface area contributed by atoms with Crippen LogP contribution in [0.4, 0.5) is 0 Å². The van der Waals surface area contributed by atoms with E-state index < -0.39 is 0 Å². The molecule has 2 heteroatoms. The Morgan fingerprint density at radius 3 is 2.57 bits per heavy atom. The summed E-state index contributed by atoms with van der Waals surface area (Å²) in [6.45, 7) is 0. The summed E-state index contributed by atoms with van der Waals surface area (Å²) in [5.41, 5.74) is 0. The molecule has 3 fully saturated rings. The molecule has 0 aromatic heterocycles. The summed E-state index contributed by atoms with van der Waals surface area (Å²) in [5, 5.41) is 10.2. The van der Waals surface area contributed by atoms with Crippen LogP contribution in [0.25, 0.3) is 0 Å². The summed E-state index contributed by atoms with van der Waals surface area (Å²) < 4.78 is 0. The van der Waals surface area contributed by atoms with Crippen LogP contribution < -0.4 is 0 Å². The van der Waals surface area contributed by atoms with Gasteiger partial charge in [0.25, 0.3) is 0 Å². The molecule has 14 heavy (non-hydrogen) atoms. The quantitative estimate of drug-likeness (QED) is 0.687. The van der Waals surface area contributed by atoms with Crippen LogP contribution in [0, 0.1) is 11.8 Å². The van der Waals surface area contributed by atoms with Gasteiger partial charge in [0, 0.05) is 18.0 Å². The molecule has 3 aliphatic rings. The number of aliphatic hydroxyl groups excluding tert-OH is 1. The zero-order valence-electron chi connectivity index (χ0n) is 9.02. The third-order valence-corrected chi connectivity index (χ3v) is 4.99. The lowest BCUT2D eigenvalue weighted by molar-refractivity contribution is -0.0503. The second kappa shape index (κ2) is 3.21. The van der Waals surface area contributed by atoms with Gasteiger partial charge in [-0.3, -0.25) is 4.90 Å². The summed E-state index contributed by atoms with van der Waals surface area (Å²) in [6.07, 6.45) is 7.84. The average molecular weight is 195 g/mol. The van der Waals surface area contributed by atoms with E-state index in [0.717, 1.165) is 12.3 Å². The van der Waals surface area contributed by atoms with Crippen LogP contribution in [-0.4, -0.2) is 35.2 Å². The van der Waals surface area contributed by atoms with Crippen LogP contribution in [0.15, 0.2) is 0 Å². The number of rotatable bonds is 1. The SMILES string of the molecule is CN1C2CCC1C(C1CCC1)C(O)C2. The Morgan fingerprint density at radius 1 is 1.14 bits per heavy atom. The molecule has 0 spiro atoms. The second-order valence-corrected chi connectivity index (χ2v) is 5.54. The van der Waals surface area contributed by atoms with Gasteiger partial charge in [-0.1, -0.05) is 19.3 Å². The molecule has 2 aliphatic heterocycles. The number of piperidine rings is 1. The first-order valence-corrected chi connectivity index (χ1v) is 6.17. The fourth-order valence-electron chi connectivity index (χ4n) is 3.93. The third-order valence-electron chi connectivity index (χ3n) is 4.99. The molecule has 0 aromatic carbocycles. The van der Waals surface area contributed by atoms with E-state index in [2.05, 4.69) is 11.9 Å². The Balaban J connectivity index is 1.80. The molecule has 1 saturated carbocycles. The molecule has 1 N–H and O–H groups in total. The molecule has 0 radical (unpaired) electrons. The Kier molecular flexibility index (Phi) is 2.10. The minimum Gasteiger partial charge on any atom is -0.393 e. The fraction of sp³-hybridized carbons (Fsp3) is 1.00. The topological polar surface area (TPSA) is 23.5 Å². The van der Waals surface area contributed by atoms with Crippen LogP contribution in [-0.2, 0) is 0 Å². The van der Waals surface area contributed by atoms with E-state index in [4.69, 9.17) is 0 Å². The molecular weight excluding hydrogens is 174 g/mol. The highest BCUT2D eigenvalue weighted by Gasteiger charge is 2.48. The van der Waals surface area contributed by atoms with Gasteiger partial charge < -0.3 is 5.11 Å². The Hall–Kier alpha value is -0.0800. The van der Waals surface area contributed by atoms with Crippen molar-refractivity contribution in [3.63, 3.8) is 0 Å². The third kappa shape index (κ3) is 1.17. The van der Waals surface area contributed by atoms with Crippen molar-refractivity contribution in [3.8, 4) is 0 Å². The highest BCUT2D eigenvalue weighted by atomic mass is 16.3. The number of aliphatic hydroxyl groups is 1. The standard InChI is InChI=1S/C12H21NO/c1-13-9-5-6-10(13)12(11(14)7-9)8-3-2-4-8/h8-12,14H,2-7H2,1H3. The van der Waals surface area contributed by atoms with E-state index in [-0.39, 0.29) is 6.10 Å². The Bertz CT molecular complexity index is 226. The van der Waals surface area contributed by atoms with Gasteiger partial charge >= 0.3 is 0 Å². The highest BCUT2D eigenvalue weighted by molar-refractivity contribution is 5.02. The van der Waals surface area contributed by atoms with Crippen molar-refractivity contribution in [3.05, 3.63) is 0 Å². The smallest absolute Gasteiger partial charge is 0.0600 e. The van der Waals surface area contributed by atoms with Crippen molar-refractivity contribution in [2.75, 3.05) is 7.05 Å². The minimum absolute atomic E-state index is 0.00833. The first-order valence-electron chi connectivity index (χ1n) is 6.17. The number of hydrogen-bond donors (Lipinski definition) is 1. The second-order valence-electron chi connectivity index (χ2n) is 5.54. The molecule has 0 amide bonds. The number of hydrogen-bond acceptors (Lipinski definition) is 2. The van der Waals surface area contributed by atoms with E-state index in [0.29, 0.717) is 18.0 Å².